The molecule has 1 aliphatic heterocycles. The Labute approximate surface area is 147 Å². The van der Waals surface area contributed by atoms with Crippen LogP contribution in [0.3, 0.4) is 0 Å². The number of ether oxygens (including phenoxy) is 2. The largest absolute Gasteiger partial charge is 0.367 e. The van der Waals surface area contributed by atoms with E-state index in [1.54, 1.807) is 0 Å². The van der Waals surface area contributed by atoms with Crippen LogP contribution < -0.4 is 0 Å². The van der Waals surface area contributed by atoms with Crippen LogP contribution in [0.2, 0.25) is 0 Å². The standard InChI is InChI=1S/C21H22O4/c1-14(2)15-8-10-17(11-9-15)20-21(18(23)12-22)25-19(13-24-20)16-6-4-3-5-7-16/h3-12,14,19-21H,13H2,1-2H3. The lowest BCUT2D eigenvalue weighted by molar-refractivity contribution is -0.190. The minimum absolute atomic E-state index is 0.316. The van der Waals surface area contributed by atoms with Crippen LogP contribution in [0.1, 0.15) is 48.7 Å². The molecule has 0 spiro atoms. The predicted molar refractivity (Wildman–Crippen MR) is 94.4 cm³/mol. The molecule has 1 saturated heterocycles. The molecule has 0 bridgehead atoms. The van der Waals surface area contributed by atoms with Gasteiger partial charge in [0, 0.05) is 0 Å². The van der Waals surface area contributed by atoms with Gasteiger partial charge in [-0.3, -0.25) is 9.59 Å². The van der Waals surface area contributed by atoms with Gasteiger partial charge in [0.05, 0.1) is 6.61 Å². The molecule has 130 valence electrons. The highest BCUT2D eigenvalue weighted by Gasteiger charge is 2.38. The summed E-state index contributed by atoms with van der Waals surface area (Å²) >= 11 is 0. The van der Waals surface area contributed by atoms with Gasteiger partial charge in [0.15, 0.2) is 12.4 Å². The molecule has 2 aromatic carbocycles. The molecule has 4 heteroatoms. The molecular formula is C21H22O4. The Bertz CT molecular complexity index is 721. The van der Waals surface area contributed by atoms with Crippen LogP contribution in [0, 0.1) is 0 Å². The summed E-state index contributed by atoms with van der Waals surface area (Å²) in [5.74, 6) is -0.175. The summed E-state index contributed by atoms with van der Waals surface area (Å²) in [5, 5.41) is 0. The van der Waals surface area contributed by atoms with Gasteiger partial charge in [0.25, 0.3) is 0 Å². The van der Waals surface area contributed by atoms with Crippen molar-refractivity contribution in [2.45, 2.75) is 38.1 Å². The number of hydrogen-bond acceptors (Lipinski definition) is 4. The van der Waals surface area contributed by atoms with Gasteiger partial charge in [0.1, 0.15) is 12.2 Å². The summed E-state index contributed by atoms with van der Waals surface area (Å²) in [6.45, 7) is 4.58. The predicted octanol–water partition coefficient (Wildman–Crippen LogP) is 3.78. The number of ketones is 1. The van der Waals surface area contributed by atoms with Crippen molar-refractivity contribution in [1.29, 1.82) is 0 Å². The number of hydrogen-bond donors (Lipinski definition) is 0. The van der Waals surface area contributed by atoms with Crippen LogP contribution in [0.15, 0.2) is 54.6 Å². The maximum absolute atomic E-state index is 12.1. The smallest absolute Gasteiger partial charge is 0.226 e. The van der Waals surface area contributed by atoms with E-state index in [-0.39, 0.29) is 6.10 Å². The third kappa shape index (κ3) is 3.86. The summed E-state index contributed by atoms with van der Waals surface area (Å²) in [6.07, 6.45) is -1.54. The van der Waals surface area contributed by atoms with E-state index in [0.29, 0.717) is 18.8 Å². The minimum Gasteiger partial charge on any atom is -0.367 e. The fourth-order valence-electron chi connectivity index (χ4n) is 3.03. The van der Waals surface area contributed by atoms with Crippen LogP contribution in [0.4, 0.5) is 0 Å². The molecule has 0 amide bonds. The lowest BCUT2D eigenvalue weighted by Gasteiger charge is -2.35. The lowest BCUT2D eigenvalue weighted by Crippen LogP contribution is -2.40. The molecular weight excluding hydrogens is 316 g/mol. The van der Waals surface area contributed by atoms with E-state index in [9.17, 15) is 9.59 Å². The molecule has 0 saturated carbocycles. The Morgan fingerprint density at radius 3 is 2.32 bits per heavy atom. The molecule has 1 heterocycles. The highest BCUT2D eigenvalue weighted by Crippen LogP contribution is 2.35. The van der Waals surface area contributed by atoms with E-state index in [2.05, 4.69) is 13.8 Å². The van der Waals surface area contributed by atoms with Crippen molar-refractivity contribution in [2.75, 3.05) is 6.61 Å². The number of rotatable bonds is 5. The van der Waals surface area contributed by atoms with E-state index < -0.39 is 18.0 Å². The van der Waals surface area contributed by atoms with E-state index in [1.807, 2.05) is 54.6 Å². The first-order valence-corrected chi connectivity index (χ1v) is 8.51. The summed E-state index contributed by atoms with van der Waals surface area (Å²) in [5.41, 5.74) is 2.98. The molecule has 0 aliphatic carbocycles. The quantitative estimate of drug-likeness (QED) is 0.615. The van der Waals surface area contributed by atoms with E-state index in [1.165, 1.54) is 5.56 Å². The van der Waals surface area contributed by atoms with Crippen molar-refractivity contribution in [3.8, 4) is 0 Å². The molecule has 0 N–H and O–H groups in total. The zero-order valence-corrected chi connectivity index (χ0v) is 14.4. The SMILES string of the molecule is CC(C)c1ccc(C2OCC(c3ccccc3)OC2C(=O)C=O)cc1. The Hall–Kier alpha value is -2.30. The van der Waals surface area contributed by atoms with E-state index in [4.69, 9.17) is 9.47 Å². The number of Topliss-reactive ketones (excluding diaryl/α,β-unsaturated/α-hetero) is 1. The Kier molecular flexibility index (Phi) is 5.41. The van der Waals surface area contributed by atoms with Crippen molar-refractivity contribution in [2.24, 2.45) is 0 Å². The summed E-state index contributed by atoms with van der Waals surface area (Å²) in [6, 6.07) is 17.5. The summed E-state index contributed by atoms with van der Waals surface area (Å²) in [4.78, 5) is 23.2. The molecule has 3 unspecified atom stereocenters. The molecule has 3 rings (SSSR count). The maximum Gasteiger partial charge on any atom is 0.226 e. The molecule has 4 nitrogen and oxygen atoms in total. The number of carbonyl (C=O) groups is 2. The summed E-state index contributed by atoms with van der Waals surface area (Å²) in [7, 11) is 0. The molecule has 1 fully saturated rings. The molecule has 2 aromatic rings. The zero-order chi connectivity index (χ0) is 17.8. The molecule has 25 heavy (non-hydrogen) atoms. The summed E-state index contributed by atoms with van der Waals surface area (Å²) < 4.78 is 11.9. The third-order valence-electron chi connectivity index (χ3n) is 4.51. The van der Waals surface area contributed by atoms with Crippen LogP contribution in [0.25, 0.3) is 0 Å². The highest BCUT2D eigenvalue weighted by atomic mass is 16.6. The Morgan fingerprint density at radius 1 is 1.04 bits per heavy atom. The molecule has 1 aliphatic rings. The minimum atomic E-state index is -0.929. The fourth-order valence-corrected chi connectivity index (χ4v) is 3.03. The van der Waals surface area contributed by atoms with Crippen LogP contribution in [0.5, 0.6) is 0 Å². The Morgan fingerprint density at radius 2 is 1.72 bits per heavy atom. The third-order valence-corrected chi connectivity index (χ3v) is 4.51. The van der Waals surface area contributed by atoms with Gasteiger partial charge in [-0.1, -0.05) is 68.4 Å². The van der Waals surface area contributed by atoms with Gasteiger partial charge in [-0.15, -0.1) is 0 Å². The second-order valence-electron chi connectivity index (χ2n) is 6.55. The second kappa shape index (κ2) is 7.72. The average molecular weight is 338 g/mol. The fraction of sp³-hybridized carbons (Fsp3) is 0.333. The van der Waals surface area contributed by atoms with Gasteiger partial charge >= 0.3 is 0 Å². The van der Waals surface area contributed by atoms with Gasteiger partial charge < -0.3 is 9.47 Å². The van der Waals surface area contributed by atoms with E-state index in [0.717, 1.165) is 11.1 Å². The molecule has 3 atom stereocenters. The first-order chi connectivity index (χ1) is 12.1. The van der Waals surface area contributed by atoms with Crippen molar-refractivity contribution >= 4 is 12.1 Å². The normalized spacial score (nSPS) is 23.4. The molecule has 0 radical (unpaired) electrons. The van der Waals surface area contributed by atoms with Crippen LogP contribution >= 0.6 is 0 Å². The van der Waals surface area contributed by atoms with Crippen molar-refractivity contribution in [3.63, 3.8) is 0 Å². The Balaban J connectivity index is 1.84. The second-order valence-corrected chi connectivity index (χ2v) is 6.55. The number of aldehydes is 1. The van der Waals surface area contributed by atoms with Gasteiger partial charge in [0.2, 0.25) is 5.78 Å². The molecule has 0 aromatic heterocycles. The van der Waals surface area contributed by atoms with Gasteiger partial charge in [-0.2, -0.15) is 0 Å². The van der Waals surface area contributed by atoms with Crippen molar-refractivity contribution in [1.82, 2.24) is 0 Å². The maximum atomic E-state index is 12.1. The monoisotopic (exact) mass is 338 g/mol. The van der Waals surface area contributed by atoms with Crippen molar-refractivity contribution in [3.05, 3.63) is 71.3 Å². The zero-order valence-electron chi connectivity index (χ0n) is 14.4. The average Bonchev–Trinajstić information content (AvgIpc) is 2.67. The first-order valence-electron chi connectivity index (χ1n) is 8.51. The topological polar surface area (TPSA) is 52.6 Å². The van der Waals surface area contributed by atoms with Crippen LogP contribution in [-0.4, -0.2) is 24.8 Å². The highest BCUT2D eigenvalue weighted by molar-refractivity contribution is 6.27. The van der Waals surface area contributed by atoms with Gasteiger partial charge in [-0.05, 0) is 22.6 Å². The lowest BCUT2D eigenvalue weighted by atomic mass is 9.95. The first kappa shape index (κ1) is 17.5. The van der Waals surface area contributed by atoms with E-state index >= 15 is 0 Å². The number of carbonyl (C=O) groups excluding carboxylic acids is 2. The number of benzene rings is 2. The van der Waals surface area contributed by atoms with Crippen molar-refractivity contribution < 1.29 is 19.1 Å². The van der Waals surface area contributed by atoms with Gasteiger partial charge in [-0.25, -0.2) is 0 Å². The van der Waals surface area contributed by atoms with Crippen LogP contribution in [-0.2, 0) is 19.1 Å².